The highest BCUT2D eigenvalue weighted by Gasteiger charge is 2.32. The van der Waals surface area contributed by atoms with Gasteiger partial charge in [-0.25, -0.2) is 4.39 Å². The molecule has 6 heteroatoms. The summed E-state index contributed by atoms with van der Waals surface area (Å²) in [4.78, 5) is 12.3. The molecular weight excluding hydrogens is 275 g/mol. The highest BCUT2D eigenvalue weighted by molar-refractivity contribution is 5.93. The maximum absolute atomic E-state index is 14.0. The van der Waals surface area contributed by atoms with Crippen LogP contribution in [0.3, 0.4) is 0 Å². The molecule has 116 valence electrons. The third-order valence-electron chi connectivity index (χ3n) is 4.03. The van der Waals surface area contributed by atoms with Crippen LogP contribution in [-0.4, -0.2) is 26.7 Å². The number of hydrogen-bond acceptors (Lipinski definition) is 4. The van der Waals surface area contributed by atoms with Gasteiger partial charge in [0.15, 0.2) is 17.3 Å². The summed E-state index contributed by atoms with van der Waals surface area (Å²) in [5.74, 6) is -0.0576. The van der Waals surface area contributed by atoms with Gasteiger partial charge in [0.2, 0.25) is 5.91 Å². The number of carbonyl (C=O) groups excluding carboxylic acids is 1. The first-order chi connectivity index (χ1) is 10.1. The molecule has 1 aromatic carbocycles. The van der Waals surface area contributed by atoms with E-state index in [1.807, 2.05) is 0 Å². The number of methoxy groups -OCH3 is 2. The van der Waals surface area contributed by atoms with Crippen LogP contribution in [0.25, 0.3) is 0 Å². The highest BCUT2D eigenvalue weighted by Crippen LogP contribution is 2.35. The van der Waals surface area contributed by atoms with E-state index in [1.54, 1.807) is 0 Å². The number of anilines is 1. The molecule has 3 N–H and O–H groups in total. The zero-order valence-electron chi connectivity index (χ0n) is 12.3. The molecule has 1 aliphatic carbocycles. The van der Waals surface area contributed by atoms with Gasteiger partial charge in [0.05, 0.1) is 19.9 Å². The van der Waals surface area contributed by atoms with E-state index in [1.165, 1.54) is 26.4 Å². The van der Waals surface area contributed by atoms with E-state index in [4.69, 9.17) is 15.2 Å². The predicted octanol–water partition coefficient (Wildman–Crippen LogP) is 2.16. The number of ether oxygens (including phenoxy) is 2. The molecule has 1 saturated carbocycles. The summed E-state index contributed by atoms with van der Waals surface area (Å²) in [6, 6.07) is 2.63. The van der Waals surface area contributed by atoms with E-state index in [0.29, 0.717) is 12.3 Å². The van der Waals surface area contributed by atoms with Crippen LogP contribution in [-0.2, 0) is 4.79 Å². The van der Waals surface area contributed by atoms with Gasteiger partial charge >= 0.3 is 0 Å². The predicted molar refractivity (Wildman–Crippen MR) is 78.0 cm³/mol. The van der Waals surface area contributed by atoms with Crippen molar-refractivity contribution in [1.82, 2.24) is 0 Å². The topological polar surface area (TPSA) is 73.6 Å². The van der Waals surface area contributed by atoms with E-state index in [2.05, 4.69) is 5.32 Å². The number of nitrogens with two attached hydrogens (primary N) is 1. The van der Waals surface area contributed by atoms with Gasteiger partial charge in [-0.1, -0.05) is 6.42 Å². The average molecular weight is 296 g/mol. The Kier molecular flexibility index (Phi) is 5.01. The Morgan fingerprint density at radius 1 is 1.33 bits per heavy atom. The largest absolute Gasteiger partial charge is 0.493 e. The lowest BCUT2D eigenvalue weighted by molar-refractivity contribution is -0.120. The maximum Gasteiger partial charge on any atom is 0.227 e. The zero-order chi connectivity index (χ0) is 15.4. The van der Waals surface area contributed by atoms with Gasteiger partial charge in [-0.05, 0) is 25.3 Å². The molecule has 0 aromatic heterocycles. The standard InChI is InChI=1S/C15H21FN2O3/c1-20-13-6-11(16)12(7-14(13)21-2)18-15(19)10-5-3-4-9(10)8-17/h6-7,9-10H,3-5,8,17H2,1-2H3,(H,18,19)/t9-,10-/m1/s1. The Hall–Kier alpha value is -1.82. The van der Waals surface area contributed by atoms with Gasteiger partial charge in [0.1, 0.15) is 0 Å². The normalized spacial score (nSPS) is 21.1. The Labute approximate surface area is 123 Å². The lowest BCUT2D eigenvalue weighted by atomic mass is 9.95. The molecule has 1 amide bonds. The van der Waals surface area contributed by atoms with Crippen molar-refractivity contribution in [3.8, 4) is 11.5 Å². The second-order valence-corrected chi connectivity index (χ2v) is 5.21. The minimum absolute atomic E-state index is 0.0975. The van der Waals surface area contributed by atoms with E-state index in [9.17, 15) is 9.18 Å². The van der Waals surface area contributed by atoms with Crippen molar-refractivity contribution in [2.45, 2.75) is 19.3 Å². The summed E-state index contributed by atoms with van der Waals surface area (Å²) >= 11 is 0. The fourth-order valence-electron chi connectivity index (χ4n) is 2.84. The van der Waals surface area contributed by atoms with Crippen LogP contribution in [0.15, 0.2) is 12.1 Å². The van der Waals surface area contributed by atoms with Crippen molar-refractivity contribution >= 4 is 11.6 Å². The molecule has 0 radical (unpaired) electrons. The van der Waals surface area contributed by atoms with E-state index >= 15 is 0 Å². The number of carbonyl (C=O) groups is 1. The number of rotatable bonds is 5. The first-order valence-electron chi connectivity index (χ1n) is 7.03. The lowest BCUT2D eigenvalue weighted by Crippen LogP contribution is -2.30. The molecule has 2 atom stereocenters. The van der Waals surface area contributed by atoms with Crippen LogP contribution in [0.4, 0.5) is 10.1 Å². The maximum atomic E-state index is 14.0. The molecule has 0 saturated heterocycles. The molecule has 0 unspecified atom stereocenters. The van der Waals surface area contributed by atoms with Crippen LogP contribution >= 0.6 is 0 Å². The van der Waals surface area contributed by atoms with Crippen molar-refractivity contribution in [3.63, 3.8) is 0 Å². The third-order valence-corrected chi connectivity index (χ3v) is 4.03. The zero-order valence-corrected chi connectivity index (χ0v) is 12.3. The molecule has 0 bridgehead atoms. The second-order valence-electron chi connectivity index (χ2n) is 5.21. The van der Waals surface area contributed by atoms with E-state index in [-0.39, 0.29) is 29.2 Å². The summed E-state index contributed by atoms with van der Waals surface area (Å²) in [7, 11) is 2.89. The van der Waals surface area contributed by atoms with Crippen LogP contribution in [0.1, 0.15) is 19.3 Å². The van der Waals surface area contributed by atoms with E-state index < -0.39 is 5.82 Å². The first-order valence-corrected chi connectivity index (χ1v) is 7.03. The van der Waals surface area contributed by atoms with Crippen molar-refractivity contribution in [2.75, 3.05) is 26.1 Å². The summed E-state index contributed by atoms with van der Waals surface area (Å²) in [5, 5.41) is 2.64. The lowest BCUT2D eigenvalue weighted by Gasteiger charge is -2.18. The fourth-order valence-corrected chi connectivity index (χ4v) is 2.84. The monoisotopic (exact) mass is 296 g/mol. The SMILES string of the molecule is COc1cc(F)c(NC(=O)[C@@H]2CCC[C@@H]2CN)cc1OC. The minimum Gasteiger partial charge on any atom is -0.493 e. The van der Waals surface area contributed by atoms with Gasteiger partial charge in [0.25, 0.3) is 0 Å². The number of hydrogen-bond donors (Lipinski definition) is 2. The van der Waals surface area contributed by atoms with Gasteiger partial charge in [-0.3, -0.25) is 4.79 Å². The van der Waals surface area contributed by atoms with Crippen LogP contribution in [0, 0.1) is 17.7 Å². The molecule has 1 aromatic rings. The van der Waals surface area contributed by atoms with Gasteiger partial charge in [-0.15, -0.1) is 0 Å². The summed E-state index contributed by atoms with van der Waals surface area (Å²) in [6.07, 6.45) is 2.72. The molecule has 1 aliphatic rings. The van der Waals surface area contributed by atoms with Crippen LogP contribution in [0.2, 0.25) is 0 Å². The van der Waals surface area contributed by atoms with Crippen LogP contribution in [0.5, 0.6) is 11.5 Å². The number of halogens is 1. The Bertz CT molecular complexity index is 522. The quantitative estimate of drug-likeness (QED) is 0.873. The minimum atomic E-state index is -0.553. The molecule has 0 heterocycles. The molecule has 2 rings (SSSR count). The molecule has 5 nitrogen and oxygen atoms in total. The summed E-state index contributed by atoms with van der Waals surface area (Å²) in [5.41, 5.74) is 5.78. The van der Waals surface area contributed by atoms with Crippen LogP contribution < -0.4 is 20.5 Å². The fraction of sp³-hybridized carbons (Fsp3) is 0.533. The van der Waals surface area contributed by atoms with Crippen molar-refractivity contribution in [3.05, 3.63) is 17.9 Å². The van der Waals surface area contributed by atoms with E-state index in [0.717, 1.165) is 19.3 Å². The molecule has 0 spiro atoms. The van der Waals surface area contributed by atoms with Crippen molar-refractivity contribution < 1.29 is 18.7 Å². The Balaban J connectivity index is 2.17. The average Bonchev–Trinajstić information content (AvgIpc) is 2.97. The Morgan fingerprint density at radius 2 is 2.00 bits per heavy atom. The second kappa shape index (κ2) is 6.76. The van der Waals surface area contributed by atoms with Gasteiger partial charge in [0, 0.05) is 18.1 Å². The molecule has 1 fully saturated rings. The number of benzene rings is 1. The van der Waals surface area contributed by atoms with Gasteiger partial charge < -0.3 is 20.5 Å². The summed E-state index contributed by atoms with van der Waals surface area (Å²) in [6.45, 7) is 0.479. The highest BCUT2D eigenvalue weighted by atomic mass is 19.1. The number of nitrogens with one attached hydrogen (secondary N) is 1. The van der Waals surface area contributed by atoms with Gasteiger partial charge in [-0.2, -0.15) is 0 Å². The van der Waals surface area contributed by atoms with Crippen molar-refractivity contribution in [1.29, 1.82) is 0 Å². The molecule has 0 aliphatic heterocycles. The summed E-state index contributed by atoms with van der Waals surface area (Å²) < 4.78 is 24.1. The third kappa shape index (κ3) is 3.26. The molecule has 21 heavy (non-hydrogen) atoms. The molecular formula is C15H21FN2O3. The first kappa shape index (κ1) is 15.6. The smallest absolute Gasteiger partial charge is 0.227 e. The van der Waals surface area contributed by atoms with Crippen molar-refractivity contribution in [2.24, 2.45) is 17.6 Å². The number of amides is 1. The Morgan fingerprint density at radius 3 is 2.62 bits per heavy atom.